The molecule has 0 aliphatic carbocycles. The fourth-order valence-corrected chi connectivity index (χ4v) is 3.68. The number of hydrogen-bond acceptors (Lipinski definition) is 5. The smallest absolute Gasteiger partial charge is 0.379 e. The van der Waals surface area contributed by atoms with Crippen molar-refractivity contribution in [1.82, 2.24) is 0 Å². The maximum atomic E-state index is 12.7. The van der Waals surface area contributed by atoms with Crippen LogP contribution in [0.4, 0.5) is 0 Å². The number of ether oxygens (including phenoxy) is 2. The summed E-state index contributed by atoms with van der Waals surface area (Å²) in [7, 11) is 0. The minimum absolute atomic E-state index is 0.0517. The van der Waals surface area contributed by atoms with Gasteiger partial charge < -0.3 is 13.9 Å². The third kappa shape index (κ3) is 3.79. The van der Waals surface area contributed by atoms with Crippen LogP contribution in [-0.2, 0) is 6.42 Å². The van der Waals surface area contributed by atoms with E-state index in [1.165, 1.54) is 11.6 Å². The fraction of sp³-hybridized carbons (Fsp3) is 0.0769. The summed E-state index contributed by atoms with van der Waals surface area (Å²) in [6.07, 6.45) is 2.65. The molecule has 158 valence electrons. The number of Topliss-reactive ketones (excluding diaryl/α,β-unsaturated/α-hetero) is 1. The van der Waals surface area contributed by atoms with Gasteiger partial charge in [0, 0.05) is 16.5 Å². The molecule has 5 nitrogen and oxygen atoms in total. The predicted octanol–water partition coefficient (Wildman–Crippen LogP) is 6.48. The van der Waals surface area contributed by atoms with Gasteiger partial charge in [0.1, 0.15) is 17.1 Å². The van der Waals surface area contributed by atoms with Gasteiger partial charge in [-0.3, -0.25) is 4.79 Å². The number of esters is 1. The number of fused-ring (bicyclic) bond motifs is 2. The highest BCUT2D eigenvalue weighted by molar-refractivity contribution is 6.31. The van der Waals surface area contributed by atoms with E-state index in [0.29, 0.717) is 27.3 Å². The molecule has 0 radical (unpaired) electrons. The number of carbonyl (C=O) groups excluding carboxylic acids is 2. The van der Waals surface area contributed by atoms with Gasteiger partial charge in [0.05, 0.1) is 5.56 Å². The van der Waals surface area contributed by atoms with Crippen LogP contribution >= 0.6 is 11.6 Å². The number of halogens is 1. The van der Waals surface area contributed by atoms with Gasteiger partial charge in [-0.15, -0.1) is 0 Å². The van der Waals surface area contributed by atoms with Crippen molar-refractivity contribution in [3.8, 4) is 11.5 Å². The molecule has 6 heteroatoms. The molecule has 1 aromatic heterocycles. The Morgan fingerprint density at radius 3 is 2.62 bits per heavy atom. The molecule has 32 heavy (non-hydrogen) atoms. The zero-order chi connectivity index (χ0) is 22.2. The number of rotatable bonds is 4. The van der Waals surface area contributed by atoms with E-state index in [1.54, 1.807) is 42.5 Å². The van der Waals surface area contributed by atoms with E-state index < -0.39 is 5.97 Å². The Labute approximate surface area is 188 Å². The molecule has 0 saturated carbocycles. The highest BCUT2D eigenvalue weighted by atomic mass is 35.5. The first-order valence-electron chi connectivity index (χ1n) is 10.1. The summed E-state index contributed by atoms with van der Waals surface area (Å²) in [4.78, 5) is 25.2. The Morgan fingerprint density at radius 2 is 1.84 bits per heavy atom. The number of allylic oxidation sites excluding steroid dienone is 1. The highest BCUT2D eigenvalue weighted by Gasteiger charge is 2.28. The molecule has 0 amide bonds. The number of benzene rings is 3. The van der Waals surface area contributed by atoms with Crippen molar-refractivity contribution in [2.45, 2.75) is 13.3 Å². The minimum Gasteiger partial charge on any atom is -0.452 e. The van der Waals surface area contributed by atoms with Crippen LogP contribution in [0.2, 0.25) is 5.02 Å². The molecular weight excluding hydrogens is 428 g/mol. The molecule has 0 saturated heterocycles. The number of aryl methyl sites for hydroxylation is 1. The Kier molecular flexibility index (Phi) is 5.04. The molecule has 0 spiro atoms. The maximum Gasteiger partial charge on any atom is 0.379 e. The van der Waals surface area contributed by atoms with Gasteiger partial charge in [0.25, 0.3) is 0 Å². The summed E-state index contributed by atoms with van der Waals surface area (Å²) >= 11 is 5.98. The van der Waals surface area contributed by atoms with Crippen molar-refractivity contribution in [1.29, 1.82) is 0 Å². The summed E-state index contributed by atoms with van der Waals surface area (Å²) in [6.45, 7) is 2.09. The summed E-state index contributed by atoms with van der Waals surface area (Å²) in [6, 6.07) is 19.2. The molecule has 1 aliphatic rings. The molecule has 4 aromatic rings. The minimum atomic E-state index is -0.659. The maximum absolute atomic E-state index is 12.7. The highest BCUT2D eigenvalue weighted by Crippen LogP contribution is 2.35. The van der Waals surface area contributed by atoms with Crippen LogP contribution in [0, 0.1) is 0 Å². The molecule has 0 fully saturated rings. The molecule has 5 rings (SSSR count). The van der Waals surface area contributed by atoms with Gasteiger partial charge in [-0.2, -0.15) is 0 Å². The fourth-order valence-electron chi connectivity index (χ4n) is 3.50. The van der Waals surface area contributed by atoms with E-state index >= 15 is 0 Å². The predicted molar refractivity (Wildman–Crippen MR) is 121 cm³/mol. The summed E-state index contributed by atoms with van der Waals surface area (Å²) in [5.74, 6) is -0.0144. The number of furan rings is 1. The quantitative estimate of drug-likeness (QED) is 0.204. The third-order valence-corrected chi connectivity index (χ3v) is 5.45. The average Bonchev–Trinajstić information content (AvgIpc) is 3.35. The average molecular weight is 445 g/mol. The van der Waals surface area contributed by atoms with Gasteiger partial charge in [0.2, 0.25) is 11.5 Å². The van der Waals surface area contributed by atoms with Gasteiger partial charge in [-0.05, 0) is 60.0 Å². The van der Waals surface area contributed by atoms with E-state index in [0.717, 1.165) is 12.0 Å². The first-order valence-corrected chi connectivity index (χ1v) is 10.5. The Hall–Kier alpha value is -3.83. The lowest BCUT2D eigenvalue weighted by molar-refractivity contribution is 0.0703. The largest absolute Gasteiger partial charge is 0.452 e. The lowest BCUT2D eigenvalue weighted by atomic mass is 10.1. The van der Waals surface area contributed by atoms with Crippen LogP contribution < -0.4 is 9.47 Å². The van der Waals surface area contributed by atoms with Crippen molar-refractivity contribution >= 4 is 40.4 Å². The normalized spacial score (nSPS) is 13.9. The van der Waals surface area contributed by atoms with Crippen molar-refractivity contribution < 1.29 is 23.5 Å². The van der Waals surface area contributed by atoms with Crippen molar-refractivity contribution in [3.05, 3.63) is 100.0 Å². The Bertz CT molecular complexity index is 1400. The molecule has 0 bridgehead atoms. The topological polar surface area (TPSA) is 65.7 Å². The Morgan fingerprint density at radius 1 is 1.03 bits per heavy atom. The lowest BCUT2D eigenvalue weighted by Gasteiger charge is -2.04. The number of ketones is 1. The Balaban J connectivity index is 1.35. The lowest BCUT2D eigenvalue weighted by Crippen LogP contribution is -2.07. The van der Waals surface area contributed by atoms with Gasteiger partial charge in [-0.1, -0.05) is 42.8 Å². The molecule has 0 atom stereocenters. The van der Waals surface area contributed by atoms with Crippen LogP contribution in [0.15, 0.2) is 76.9 Å². The van der Waals surface area contributed by atoms with Crippen LogP contribution in [-0.4, -0.2) is 11.8 Å². The van der Waals surface area contributed by atoms with Crippen LogP contribution in [0.5, 0.6) is 11.5 Å². The second-order valence-corrected chi connectivity index (χ2v) is 7.81. The SMILES string of the molecule is CCc1ccc(/C=C2\Oc3cc(OC(=O)c4cc5cc(Cl)ccc5o4)ccc3C2=O)cc1. The van der Waals surface area contributed by atoms with E-state index in [9.17, 15) is 9.59 Å². The number of hydrogen-bond donors (Lipinski definition) is 0. The van der Waals surface area contributed by atoms with Crippen LogP contribution in [0.25, 0.3) is 17.0 Å². The zero-order valence-electron chi connectivity index (χ0n) is 17.1. The van der Waals surface area contributed by atoms with Crippen LogP contribution in [0.3, 0.4) is 0 Å². The molecule has 1 aliphatic heterocycles. The van der Waals surface area contributed by atoms with Crippen molar-refractivity contribution in [3.63, 3.8) is 0 Å². The molecule has 2 heterocycles. The van der Waals surface area contributed by atoms with E-state index in [2.05, 4.69) is 6.92 Å². The monoisotopic (exact) mass is 444 g/mol. The van der Waals surface area contributed by atoms with E-state index in [-0.39, 0.29) is 23.1 Å². The van der Waals surface area contributed by atoms with Crippen molar-refractivity contribution in [2.75, 3.05) is 0 Å². The summed E-state index contributed by atoms with van der Waals surface area (Å²) in [5.41, 5.74) is 3.04. The third-order valence-electron chi connectivity index (χ3n) is 5.22. The van der Waals surface area contributed by atoms with Crippen LogP contribution in [0.1, 0.15) is 39.0 Å². The second-order valence-electron chi connectivity index (χ2n) is 7.38. The first kappa shape index (κ1) is 20.1. The molecule has 0 unspecified atom stereocenters. The number of carbonyl (C=O) groups is 2. The summed E-state index contributed by atoms with van der Waals surface area (Å²) < 4.78 is 16.7. The van der Waals surface area contributed by atoms with Gasteiger partial charge in [-0.25, -0.2) is 4.79 Å². The van der Waals surface area contributed by atoms with Gasteiger partial charge in [0.15, 0.2) is 5.76 Å². The standard InChI is InChI=1S/C26H17ClO5/c1-2-15-3-5-16(6-4-15)11-23-25(28)20-9-8-19(14-22(20)32-23)30-26(29)24-13-17-12-18(27)7-10-21(17)31-24/h3-14H,2H2,1H3/b23-11-. The molecule has 3 aromatic carbocycles. The van der Waals surface area contributed by atoms with E-state index in [1.807, 2.05) is 24.3 Å². The first-order chi connectivity index (χ1) is 15.5. The summed E-state index contributed by atoms with van der Waals surface area (Å²) in [5, 5.41) is 1.25. The molecule has 0 N–H and O–H groups in total. The van der Waals surface area contributed by atoms with Gasteiger partial charge >= 0.3 is 5.97 Å². The zero-order valence-corrected chi connectivity index (χ0v) is 17.8. The van der Waals surface area contributed by atoms with E-state index in [4.69, 9.17) is 25.5 Å². The molecular formula is C26H17ClO5. The second kappa shape index (κ2) is 8.02. The van der Waals surface area contributed by atoms with Crippen molar-refractivity contribution in [2.24, 2.45) is 0 Å².